The molecule has 3 rings (SSSR count). The minimum atomic E-state index is -0.340. The number of nitro groups is 1. The van der Waals surface area contributed by atoms with Crippen molar-refractivity contribution in [2.45, 2.75) is 32.2 Å². The SMILES string of the molecule is CCc1nccn1C1CCCN(c2cc(N)ccc2[N+](=O)[O-])C1. The zero-order valence-electron chi connectivity index (χ0n) is 13.2. The second kappa shape index (κ2) is 6.28. The average Bonchev–Trinajstić information content (AvgIpc) is 3.03. The van der Waals surface area contributed by atoms with Gasteiger partial charge in [-0.1, -0.05) is 6.92 Å². The summed E-state index contributed by atoms with van der Waals surface area (Å²) in [5.41, 5.74) is 7.11. The van der Waals surface area contributed by atoms with Gasteiger partial charge in [0.05, 0.1) is 11.0 Å². The van der Waals surface area contributed by atoms with Crippen LogP contribution >= 0.6 is 0 Å². The van der Waals surface area contributed by atoms with Crippen LogP contribution in [0.1, 0.15) is 31.6 Å². The molecular formula is C16H21N5O2. The molecule has 23 heavy (non-hydrogen) atoms. The largest absolute Gasteiger partial charge is 0.399 e. The topological polar surface area (TPSA) is 90.2 Å². The second-order valence-corrected chi connectivity index (χ2v) is 5.85. The van der Waals surface area contributed by atoms with E-state index in [9.17, 15) is 10.1 Å². The molecule has 1 aromatic carbocycles. The van der Waals surface area contributed by atoms with E-state index in [-0.39, 0.29) is 16.7 Å². The number of anilines is 2. The lowest BCUT2D eigenvalue weighted by molar-refractivity contribution is -0.384. The number of hydrogen-bond acceptors (Lipinski definition) is 5. The number of imidazole rings is 1. The zero-order chi connectivity index (χ0) is 16.4. The Morgan fingerprint density at radius 1 is 1.48 bits per heavy atom. The highest BCUT2D eigenvalue weighted by atomic mass is 16.6. The van der Waals surface area contributed by atoms with Gasteiger partial charge in [-0.3, -0.25) is 10.1 Å². The van der Waals surface area contributed by atoms with E-state index in [1.807, 2.05) is 12.4 Å². The number of benzene rings is 1. The van der Waals surface area contributed by atoms with Crippen LogP contribution in [0.3, 0.4) is 0 Å². The molecule has 122 valence electrons. The van der Waals surface area contributed by atoms with Crippen molar-refractivity contribution >= 4 is 17.1 Å². The van der Waals surface area contributed by atoms with E-state index in [0.29, 0.717) is 11.4 Å². The molecule has 7 nitrogen and oxygen atoms in total. The summed E-state index contributed by atoms with van der Waals surface area (Å²) in [6.45, 7) is 3.62. The molecule has 2 N–H and O–H groups in total. The molecule has 1 aromatic heterocycles. The summed E-state index contributed by atoms with van der Waals surface area (Å²) in [7, 11) is 0. The van der Waals surface area contributed by atoms with E-state index in [2.05, 4.69) is 21.4 Å². The molecule has 1 aliphatic rings. The maximum absolute atomic E-state index is 11.3. The van der Waals surface area contributed by atoms with E-state index < -0.39 is 0 Å². The fraction of sp³-hybridized carbons (Fsp3) is 0.438. The highest BCUT2D eigenvalue weighted by molar-refractivity contribution is 5.69. The summed E-state index contributed by atoms with van der Waals surface area (Å²) >= 11 is 0. The van der Waals surface area contributed by atoms with Crippen LogP contribution in [0.2, 0.25) is 0 Å². The number of aryl methyl sites for hydroxylation is 1. The van der Waals surface area contributed by atoms with Crippen molar-refractivity contribution in [1.29, 1.82) is 0 Å². The van der Waals surface area contributed by atoms with Crippen LogP contribution in [-0.4, -0.2) is 27.6 Å². The summed E-state index contributed by atoms with van der Waals surface area (Å²) in [5.74, 6) is 1.05. The lowest BCUT2D eigenvalue weighted by Gasteiger charge is -2.35. The predicted octanol–water partition coefficient (Wildman–Crippen LogP) is 2.78. The Balaban J connectivity index is 1.90. The minimum Gasteiger partial charge on any atom is -0.399 e. The van der Waals surface area contributed by atoms with Crippen LogP contribution in [-0.2, 0) is 6.42 Å². The van der Waals surface area contributed by atoms with Crippen molar-refractivity contribution in [1.82, 2.24) is 9.55 Å². The highest BCUT2D eigenvalue weighted by Crippen LogP contribution is 2.34. The van der Waals surface area contributed by atoms with Gasteiger partial charge in [0.1, 0.15) is 11.5 Å². The maximum Gasteiger partial charge on any atom is 0.292 e. The molecule has 1 fully saturated rings. The van der Waals surface area contributed by atoms with Crippen molar-refractivity contribution < 1.29 is 4.92 Å². The van der Waals surface area contributed by atoms with Gasteiger partial charge in [0.15, 0.2) is 0 Å². The maximum atomic E-state index is 11.3. The molecule has 2 aromatic rings. The molecule has 0 bridgehead atoms. The number of nitro benzene ring substituents is 1. The second-order valence-electron chi connectivity index (χ2n) is 5.85. The van der Waals surface area contributed by atoms with Crippen molar-refractivity contribution in [2.24, 2.45) is 0 Å². The van der Waals surface area contributed by atoms with E-state index in [4.69, 9.17) is 5.73 Å². The van der Waals surface area contributed by atoms with Crippen LogP contribution in [0.5, 0.6) is 0 Å². The quantitative estimate of drug-likeness (QED) is 0.532. The minimum absolute atomic E-state index is 0.112. The number of nitrogens with two attached hydrogens (primary N) is 1. The molecule has 0 amide bonds. The summed E-state index contributed by atoms with van der Waals surface area (Å²) < 4.78 is 2.20. The van der Waals surface area contributed by atoms with Crippen LogP contribution in [0.25, 0.3) is 0 Å². The van der Waals surface area contributed by atoms with Crippen molar-refractivity contribution in [3.8, 4) is 0 Å². The zero-order valence-corrected chi connectivity index (χ0v) is 13.2. The normalized spacial score (nSPS) is 18.1. The van der Waals surface area contributed by atoms with E-state index >= 15 is 0 Å². The van der Waals surface area contributed by atoms with Crippen LogP contribution in [0, 0.1) is 10.1 Å². The first-order valence-electron chi connectivity index (χ1n) is 7.90. The molecule has 2 heterocycles. The van der Waals surface area contributed by atoms with Gasteiger partial charge in [-0.05, 0) is 25.0 Å². The van der Waals surface area contributed by atoms with Gasteiger partial charge in [0.25, 0.3) is 5.69 Å². The third-order valence-electron chi connectivity index (χ3n) is 4.39. The third-order valence-corrected chi connectivity index (χ3v) is 4.39. The van der Waals surface area contributed by atoms with Crippen molar-refractivity contribution in [3.05, 3.63) is 46.5 Å². The standard InChI is InChI=1S/C16H21N5O2/c1-2-16-18-7-9-20(16)13-4-3-8-19(11-13)15-10-12(17)5-6-14(15)21(22)23/h5-7,9-10,13H,2-4,8,11,17H2,1H3. The first kappa shape index (κ1) is 15.3. The van der Waals surface area contributed by atoms with Gasteiger partial charge >= 0.3 is 0 Å². The molecule has 1 saturated heterocycles. The fourth-order valence-corrected chi connectivity index (χ4v) is 3.30. The smallest absolute Gasteiger partial charge is 0.292 e. The van der Waals surface area contributed by atoms with Gasteiger partial charge < -0.3 is 15.2 Å². The lowest BCUT2D eigenvalue weighted by atomic mass is 10.0. The Morgan fingerprint density at radius 3 is 3.04 bits per heavy atom. The van der Waals surface area contributed by atoms with Gasteiger partial charge in [0, 0.05) is 43.7 Å². The summed E-state index contributed by atoms with van der Waals surface area (Å²) in [6, 6.07) is 5.05. The van der Waals surface area contributed by atoms with E-state index in [0.717, 1.165) is 38.2 Å². The first-order valence-corrected chi connectivity index (χ1v) is 7.90. The Bertz CT molecular complexity index is 712. The molecule has 7 heteroatoms. The molecule has 0 saturated carbocycles. The lowest BCUT2D eigenvalue weighted by Crippen LogP contribution is -2.37. The number of nitrogens with zero attached hydrogens (tertiary/aromatic N) is 4. The third kappa shape index (κ3) is 2.99. The van der Waals surface area contributed by atoms with Crippen LogP contribution in [0.4, 0.5) is 17.1 Å². The summed E-state index contributed by atoms with van der Waals surface area (Å²) in [4.78, 5) is 17.4. The Kier molecular flexibility index (Phi) is 4.18. The molecule has 0 spiro atoms. The number of rotatable bonds is 4. The molecular weight excluding hydrogens is 294 g/mol. The number of hydrogen-bond donors (Lipinski definition) is 1. The molecule has 1 atom stereocenters. The number of aromatic nitrogens is 2. The van der Waals surface area contributed by atoms with E-state index in [1.54, 1.807) is 12.1 Å². The molecule has 0 radical (unpaired) electrons. The number of piperidine rings is 1. The molecule has 1 unspecified atom stereocenters. The summed E-state index contributed by atoms with van der Waals surface area (Å²) in [5, 5.41) is 11.3. The number of nitrogen functional groups attached to an aromatic ring is 1. The first-order chi connectivity index (χ1) is 11.1. The van der Waals surface area contributed by atoms with Crippen molar-refractivity contribution in [2.75, 3.05) is 23.7 Å². The monoisotopic (exact) mass is 315 g/mol. The molecule has 0 aliphatic carbocycles. The fourth-order valence-electron chi connectivity index (χ4n) is 3.30. The van der Waals surface area contributed by atoms with Crippen LogP contribution < -0.4 is 10.6 Å². The predicted molar refractivity (Wildman–Crippen MR) is 89.6 cm³/mol. The van der Waals surface area contributed by atoms with Gasteiger partial charge in [-0.25, -0.2) is 4.98 Å². The highest BCUT2D eigenvalue weighted by Gasteiger charge is 2.27. The van der Waals surface area contributed by atoms with Gasteiger partial charge in [-0.15, -0.1) is 0 Å². The Morgan fingerprint density at radius 2 is 2.30 bits per heavy atom. The Labute approximate surface area is 134 Å². The van der Waals surface area contributed by atoms with Gasteiger partial charge in [0.2, 0.25) is 0 Å². The average molecular weight is 315 g/mol. The van der Waals surface area contributed by atoms with Gasteiger partial charge in [-0.2, -0.15) is 0 Å². The Hall–Kier alpha value is -2.57. The van der Waals surface area contributed by atoms with Crippen LogP contribution in [0.15, 0.2) is 30.6 Å². The molecule has 1 aliphatic heterocycles. The van der Waals surface area contributed by atoms with Crippen molar-refractivity contribution in [3.63, 3.8) is 0 Å². The summed E-state index contributed by atoms with van der Waals surface area (Å²) in [6.07, 6.45) is 6.73. The van der Waals surface area contributed by atoms with E-state index in [1.165, 1.54) is 6.07 Å².